The van der Waals surface area contributed by atoms with Gasteiger partial charge in [0.1, 0.15) is 11.5 Å². The molecule has 0 atom stereocenters. The Balaban J connectivity index is 1.88. The lowest BCUT2D eigenvalue weighted by Crippen LogP contribution is -2.38. The zero-order valence-electron chi connectivity index (χ0n) is 17.5. The Bertz CT molecular complexity index is 904. The van der Waals surface area contributed by atoms with E-state index in [1.54, 1.807) is 48.8 Å². The summed E-state index contributed by atoms with van der Waals surface area (Å²) in [5.74, 6) is -0.0841. The average molecular weight is 400 g/mol. The van der Waals surface area contributed by atoms with Gasteiger partial charge in [0.25, 0.3) is 0 Å². The Hall–Kier alpha value is -2.83. The third-order valence-corrected chi connectivity index (χ3v) is 5.87. The quantitative estimate of drug-likeness (QED) is 0.525. The molecule has 0 aliphatic heterocycles. The fourth-order valence-corrected chi connectivity index (χ4v) is 4.26. The van der Waals surface area contributed by atoms with Crippen molar-refractivity contribution < 1.29 is 23.5 Å². The van der Waals surface area contributed by atoms with E-state index >= 15 is 0 Å². The molecule has 1 saturated carbocycles. The molecule has 156 valence electrons. The SMILES string of the molecule is COC(=O)c1c(C)c(C(=O)CN(Cc2ccco2)C(=O)C2CCCC2)c(C)n1C. The maximum atomic E-state index is 13.2. The third-order valence-electron chi connectivity index (χ3n) is 5.87. The Labute approximate surface area is 170 Å². The molecule has 1 aliphatic rings. The van der Waals surface area contributed by atoms with Crippen molar-refractivity contribution in [3.63, 3.8) is 0 Å². The minimum absolute atomic E-state index is 0.00770. The van der Waals surface area contributed by atoms with Gasteiger partial charge in [-0.3, -0.25) is 9.59 Å². The Morgan fingerprint density at radius 1 is 1.24 bits per heavy atom. The molecule has 2 heterocycles. The molecule has 7 nitrogen and oxygen atoms in total. The van der Waals surface area contributed by atoms with E-state index in [1.807, 2.05) is 0 Å². The van der Waals surface area contributed by atoms with Crippen molar-refractivity contribution in [2.24, 2.45) is 13.0 Å². The molecule has 0 spiro atoms. The van der Waals surface area contributed by atoms with Crippen molar-refractivity contribution in [1.82, 2.24) is 9.47 Å². The van der Waals surface area contributed by atoms with Crippen molar-refractivity contribution in [2.45, 2.75) is 46.1 Å². The largest absolute Gasteiger partial charge is 0.467 e. The van der Waals surface area contributed by atoms with Gasteiger partial charge in [-0.2, -0.15) is 0 Å². The summed E-state index contributed by atoms with van der Waals surface area (Å²) >= 11 is 0. The van der Waals surface area contributed by atoms with Crippen LogP contribution < -0.4 is 0 Å². The molecule has 1 fully saturated rings. The number of rotatable bonds is 7. The molecule has 0 N–H and O–H groups in total. The number of hydrogen-bond acceptors (Lipinski definition) is 5. The third kappa shape index (κ3) is 4.13. The highest BCUT2D eigenvalue weighted by Crippen LogP contribution is 2.28. The van der Waals surface area contributed by atoms with Crippen LogP contribution in [0.3, 0.4) is 0 Å². The van der Waals surface area contributed by atoms with Crippen molar-refractivity contribution in [3.05, 3.63) is 46.7 Å². The molecule has 0 bridgehead atoms. The lowest BCUT2D eigenvalue weighted by atomic mass is 10.0. The van der Waals surface area contributed by atoms with E-state index in [1.165, 1.54) is 7.11 Å². The van der Waals surface area contributed by atoms with Gasteiger partial charge in [-0.05, 0) is 44.4 Å². The normalized spacial score (nSPS) is 14.2. The Morgan fingerprint density at radius 2 is 1.93 bits per heavy atom. The van der Waals surface area contributed by atoms with E-state index in [0.717, 1.165) is 25.7 Å². The lowest BCUT2D eigenvalue weighted by Gasteiger charge is -2.24. The number of methoxy groups -OCH3 is 1. The molecule has 1 amide bonds. The highest BCUT2D eigenvalue weighted by molar-refractivity contribution is 6.04. The van der Waals surface area contributed by atoms with E-state index in [4.69, 9.17) is 9.15 Å². The summed E-state index contributed by atoms with van der Waals surface area (Å²) in [5, 5.41) is 0. The van der Waals surface area contributed by atoms with Crippen LogP contribution >= 0.6 is 0 Å². The number of ketones is 1. The molecule has 29 heavy (non-hydrogen) atoms. The van der Waals surface area contributed by atoms with Crippen LogP contribution in [-0.4, -0.2) is 40.8 Å². The first-order valence-corrected chi connectivity index (χ1v) is 9.93. The number of carbonyl (C=O) groups excluding carboxylic acids is 3. The number of nitrogens with zero attached hydrogens (tertiary/aromatic N) is 2. The van der Waals surface area contributed by atoms with Gasteiger partial charge in [-0.15, -0.1) is 0 Å². The summed E-state index contributed by atoms with van der Waals surface area (Å²) in [6.07, 6.45) is 5.36. The van der Waals surface area contributed by atoms with E-state index in [2.05, 4.69) is 0 Å². The van der Waals surface area contributed by atoms with Gasteiger partial charge in [-0.1, -0.05) is 12.8 Å². The van der Waals surface area contributed by atoms with E-state index in [-0.39, 0.29) is 30.7 Å². The minimum atomic E-state index is -0.485. The molecule has 1 aliphatic carbocycles. The summed E-state index contributed by atoms with van der Waals surface area (Å²) in [4.78, 5) is 40.0. The molecule has 2 aromatic heterocycles. The summed E-state index contributed by atoms with van der Waals surface area (Å²) in [7, 11) is 3.05. The number of furan rings is 1. The number of hydrogen-bond donors (Lipinski definition) is 0. The second-order valence-electron chi connectivity index (χ2n) is 7.66. The number of amides is 1. The van der Waals surface area contributed by atoms with Crippen molar-refractivity contribution in [3.8, 4) is 0 Å². The van der Waals surface area contributed by atoms with Gasteiger partial charge in [0.05, 0.1) is 26.5 Å². The highest BCUT2D eigenvalue weighted by atomic mass is 16.5. The number of carbonyl (C=O) groups is 3. The van der Waals surface area contributed by atoms with E-state index in [9.17, 15) is 14.4 Å². The second kappa shape index (κ2) is 8.68. The summed E-state index contributed by atoms with van der Waals surface area (Å²) in [5.41, 5.74) is 2.08. The molecular weight excluding hydrogens is 372 g/mol. The maximum Gasteiger partial charge on any atom is 0.354 e. The zero-order chi connectivity index (χ0) is 21.1. The predicted octanol–water partition coefficient (Wildman–Crippen LogP) is 3.42. The Morgan fingerprint density at radius 3 is 2.52 bits per heavy atom. The fraction of sp³-hybridized carbons (Fsp3) is 0.500. The van der Waals surface area contributed by atoms with Crippen LogP contribution in [0.2, 0.25) is 0 Å². The topological polar surface area (TPSA) is 81.8 Å². The van der Waals surface area contributed by atoms with Crippen LogP contribution in [0.4, 0.5) is 0 Å². The zero-order valence-corrected chi connectivity index (χ0v) is 17.5. The molecule has 2 aromatic rings. The van der Waals surface area contributed by atoms with Gasteiger partial charge < -0.3 is 18.6 Å². The monoisotopic (exact) mass is 400 g/mol. The summed E-state index contributed by atoms with van der Waals surface area (Å²) in [6.45, 7) is 3.73. The van der Waals surface area contributed by atoms with Crippen LogP contribution in [0.5, 0.6) is 0 Å². The molecule has 3 rings (SSSR count). The van der Waals surface area contributed by atoms with E-state index in [0.29, 0.717) is 28.3 Å². The second-order valence-corrected chi connectivity index (χ2v) is 7.66. The summed E-state index contributed by atoms with van der Waals surface area (Å²) in [6, 6.07) is 3.57. The number of aromatic nitrogens is 1. The smallest absolute Gasteiger partial charge is 0.354 e. The molecule has 0 saturated heterocycles. The van der Waals surface area contributed by atoms with Gasteiger partial charge >= 0.3 is 5.97 Å². The standard InChI is InChI=1S/C22H28N2O5/c1-14-19(15(2)23(3)20(14)22(27)28-4)18(25)13-24(12-17-10-7-11-29-17)21(26)16-8-5-6-9-16/h7,10-11,16H,5-6,8-9,12-13H2,1-4H3. The van der Waals surface area contributed by atoms with Crippen molar-refractivity contribution >= 4 is 17.7 Å². The number of ether oxygens (including phenoxy) is 1. The van der Waals surface area contributed by atoms with Crippen molar-refractivity contribution in [2.75, 3.05) is 13.7 Å². The van der Waals surface area contributed by atoms with Crippen molar-refractivity contribution in [1.29, 1.82) is 0 Å². The van der Waals surface area contributed by atoms with Crippen LogP contribution in [-0.2, 0) is 23.1 Å². The molecule has 0 aromatic carbocycles. The number of Topliss-reactive ketones (excluding diaryl/α,β-unsaturated/α-hetero) is 1. The first kappa shape index (κ1) is 20.9. The highest BCUT2D eigenvalue weighted by Gasteiger charge is 2.31. The van der Waals surface area contributed by atoms with E-state index < -0.39 is 5.97 Å². The first-order valence-electron chi connectivity index (χ1n) is 9.93. The van der Waals surface area contributed by atoms with Gasteiger partial charge in [-0.25, -0.2) is 4.79 Å². The van der Waals surface area contributed by atoms with Crippen LogP contribution in [0.15, 0.2) is 22.8 Å². The minimum Gasteiger partial charge on any atom is -0.467 e. The molecule has 0 radical (unpaired) electrons. The fourth-order valence-electron chi connectivity index (χ4n) is 4.26. The Kier molecular flexibility index (Phi) is 6.25. The van der Waals surface area contributed by atoms with Crippen LogP contribution in [0, 0.1) is 19.8 Å². The molecule has 0 unspecified atom stereocenters. The van der Waals surface area contributed by atoms with Crippen LogP contribution in [0.1, 0.15) is 63.5 Å². The van der Waals surface area contributed by atoms with Gasteiger partial charge in [0.2, 0.25) is 5.91 Å². The average Bonchev–Trinajstić information content (AvgIpc) is 3.43. The maximum absolute atomic E-state index is 13.2. The molecular formula is C22H28N2O5. The van der Waals surface area contributed by atoms with Gasteiger partial charge in [0, 0.05) is 24.2 Å². The first-order chi connectivity index (χ1) is 13.8. The lowest BCUT2D eigenvalue weighted by molar-refractivity contribution is -0.135. The molecule has 7 heteroatoms. The predicted molar refractivity (Wildman–Crippen MR) is 107 cm³/mol. The summed E-state index contributed by atoms with van der Waals surface area (Å²) < 4.78 is 11.9. The number of esters is 1. The van der Waals surface area contributed by atoms with Gasteiger partial charge in [0.15, 0.2) is 5.78 Å². The van der Waals surface area contributed by atoms with Crippen LogP contribution in [0.25, 0.3) is 0 Å².